The number of benzene rings is 1. The highest BCUT2D eigenvalue weighted by Gasteiger charge is 2.16. The maximum absolute atomic E-state index is 10.8. The third-order valence-electron chi connectivity index (χ3n) is 2.30. The number of hydrogen-bond donors (Lipinski definition) is 2. The van der Waals surface area contributed by atoms with Crippen LogP contribution in [0.4, 0.5) is 5.69 Å². The Balaban J connectivity index is 2.93. The molecule has 1 aromatic rings. The molecule has 0 fully saturated rings. The van der Waals surface area contributed by atoms with Gasteiger partial charge in [0.2, 0.25) is 5.91 Å². The molecule has 0 spiro atoms. The van der Waals surface area contributed by atoms with Crippen molar-refractivity contribution in [2.45, 2.75) is 13.3 Å². The number of nitrogens with one attached hydrogen (secondary N) is 1. The van der Waals surface area contributed by atoms with Crippen LogP contribution in [0.25, 0.3) is 0 Å². The molecule has 7 nitrogen and oxygen atoms in total. The molecule has 0 unspecified atom stereocenters. The quantitative estimate of drug-likeness (QED) is 0.599. The highest BCUT2D eigenvalue weighted by Crippen LogP contribution is 2.20. The van der Waals surface area contributed by atoms with Crippen LogP contribution in [-0.2, 0) is 11.2 Å². The molecule has 1 rings (SSSR count). The van der Waals surface area contributed by atoms with Crippen molar-refractivity contribution in [1.29, 1.82) is 0 Å². The Labute approximate surface area is 103 Å². The lowest BCUT2D eigenvalue weighted by molar-refractivity contribution is -0.385. The van der Waals surface area contributed by atoms with Gasteiger partial charge in [-0.05, 0) is 12.5 Å². The average molecular weight is 252 g/mol. The molecule has 0 aliphatic heterocycles. The second-order valence-corrected chi connectivity index (χ2v) is 3.64. The molecule has 0 aliphatic carbocycles. The van der Waals surface area contributed by atoms with Crippen LogP contribution < -0.4 is 5.32 Å². The van der Waals surface area contributed by atoms with Gasteiger partial charge in [0.15, 0.2) is 0 Å². The van der Waals surface area contributed by atoms with Gasteiger partial charge in [0.25, 0.3) is 5.69 Å². The van der Waals surface area contributed by atoms with Gasteiger partial charge in [-0.3, -0.25) is 14.9 Å². The number of carboxylic acids is 1. The third-order valence-corrected chi connectivity index (χ3v) is 2.30. The minimum atomic E-state index is -1.22. The summed E-state index contributed by atoms with van der Waals surface area (Å²) < 4.78 is 0. The summed E-state index contributed by atoms with van der Waals surface area (Å²) in [5, 5.41) is 22.1. The van der Waals surface area contributed by atoms with Crippen molar-refractivity contribution in [3.63, 3.8) is 0 Å². The average Bonchev–Trinajstić information content (AvgIpc) is 2.28. The van der Waals surface area contributed by atoms with Crippen LogP contribution in [0.2, 0.25) is 0 Å². The van der Waals surface area contributed by atoms with Crippen molar-refractivity contribution in [3.8, 4) is 0 Å². The molecule has 0 saturated carbocycles. The maximum atomic E-state index is 10.8. The zero-order valence-corrected chi connectivity index (χ0v) is 9.67. The lowest BCUT2D eigenvalue weighted by Gasteiger charge is -2.04. The van der Waals surface area contributed by atoms with E-state index in [1.165, 1.54) is 19.1 Å². The van der Waals surface area contributed by atoms with Gasteiger partial charge in [-0.2, -0.15) is 0 Å². The number of carbonyl (C=O) groups excluding carboxylic acids is 1. The molecule has 0 bridgehead atoms. The van der Waals surface area contributed by atoms with E-state index < -0.39 is 10.9 Å². The second-order valence-electron chi connectivity index (χ2n) is 3.64. The predicted octanol–water partition coefficient (Wildman–Crippen LogP) is 0.972. The smallest absolute Gasteiger partial charge is 0.335 e. The summed E-state index contributed by atoms with van der Waals surface area (Å²) in [6, 6.07) is 3.72. The summed E-state index contributed by atoms with van der Waals surface area (Å²) in [6.07, 6.45) is 0.274. The topological polar surface area (TPSA) is 110 Å². The van der Waals surface area contributed by atoms with Crippen molar-refractivity contribution in [3.05, 3.63) is 39.4 Å². The number of hydrogen-bond acceptors (Lipinski definition) is 4. The van der Waals surface area contributed by atoms with E-state index in [0.29, 0.717) is 5.56 Å². The van der Waals surface area contributed by atoms with E-state index >= 15 is 0 Å². The van der Waals surface area contributed by atoms with Crippen LogP contribution in [0, 0.1) is 10.1 Å². The van der Waals surface area contributed by atoms with Gasteiger partial charge in [-0.1, -0.05) is 6.07 Å². The van der Waals surface area contributed by atoms with E-state index in [2.05, 4.69) is 5.32 Å². The summed E-state index contributed by atoms with van der Waals surface area (Å²) >= 11 is 0. The summed E-state index contributed by atoms with van der Waals surface area (Å²) in [4.78, 5) is 31.6. The van der Waals surface area contributed by atoms with Crippen molar-refractivity contribution in [1.82, 2.24) is 5.32 Å². The summed E-state index contributed by atoms with van der Waals surface area (Å²) in [5.41, 5.74) is 0.00368. The van der Waals surface area contributed by atoms with Crippen LogP contribution in [0.5, 0.6) is 0 Å². The van der Waals surface area contributed by atoms with Crippen LogP contribution in [-0.4, -0.2) is 28.5 Å². The van der Waals surface area contributed by atoms with Crippen LogP contribution in [0.15, 0.2) is 18.2 Å². The SMILES string of the molecule is CC(=O)NCCc1ccc(C(=O)O)cc1[N+](=O)[O-]. The summed E-state index contributed by atoms with van der Waals surface area (Å²) in [5.74, 6) is -1.44. The number of nitro benzene ring substituents is 1. The highest BCUT2D eigenvalue weighted by molar-refractivity contribution is 5.88. The minimum Gasteiger partial charge on any atom is -0.478 e. The van der Waals surface area contributed by atoms with Crippen molar-refractivity contribution < 1.29 is 19.6 Å². The lowest BCUT2D eigenvalue weighted by Crippen LogP contribution is -2.22. The van der Waals surface area contributed by atoms with Crippen LogP contribution in [0.3, 0.4) is 0 Å². The summed E-state index contributed by atoms with van der Waals surface area (Å²) in [6.45, 7) is 1.62. The second kappa shape index (κ2) is 5.76. The molecule has 18 heavy (non-hydrogen) atoms. The standard InChI is InChI=1S/C11H12N2O5/c1-7(14)12-5-4-8-2-3-9(11(15)16)6-10(8)13(17)18/h2-3,6H,4-5H2,1H3,(H,12,14)(H,15,16). The Morgan fingerprint density at radius 3 is 2.61 bits per heavy atom. The molecule has 0 aliphatic rings. The van der Waals surface area contributed by atoms with Crippen LogP contribution in [0.1, 0.15) is 22.8 Å². The number of nitro groups is 1. The molecule has 1 aromatic carbocycles. The first-order valence-electron chi connectivity index (χ1n) is 5.17. The van der Waals surface area contributed by atoms with E-state index in [9.17, 15) is 19.7 Å². The molecule has 0 heterocycles. The maximum Gasteiger partial charge on any atom is 0.335 e. The van der Waals surface area contributed by atoms with Gasteiger partial charge in [0.1, 0.15) is 0 Å². The monoisotopic (exact) mass is 252 g/mol. The number of aromatic carboxylic acids is 1. The number of amides is 1. The first-order valence-corrected chi connectivity index (χ1v) is 5.17. The minimum absolute atomic E-state index is 0.134. The van der Waals surface area contributed by atoms with Gasteiger partial charge in [-0.25, -0.2) is 4.79 Å². The molecule has 1 amide bonds. The Hall–Kier alpha value is -2.44. The molecule has 96 valence electrons. The molecule has 0 aromatic heterocycles. The van der Waals surface area contributed by atoms with Gasteiger partial charge < -0.3 is 10.4 Å². The molecule has 7 heteroatoms. The van der Waals surface area contributed by atoms with Crippen molar-refractivity contribution >= 4 is 17.6 Å². The largest absolute Gasteiger partial charge is 0.478 e. The van der Waals surface area contributed by atoms with E-state index in [1.54, 1.807) is 0 Å². The highest BCUT2D eigenvalue weighted by atomic mass is 16.6. The Bertz CT molecular complexity index is 498. The third kappa shape index (κ3) is 3.55. The van der Waals surface area contributed by atoms with Gasteiger partial charge in [0, 0.05) is 25.1 Å². The lowest BCUT2D eigenvalue weighted by atomic mass is 10.1. The zero-order valence-electron chi connectivity index (χ0n) is 9.67. The molecular formula is C11H12N2O5. The Kier molecular flexibility index (Phi) is 4.36. The molecule has 2 N–H and O–H groups in total. The predicted molar refractivity (Wildman–Crippen MR) is 62.4 cm³/mol. The molecule has 0 radical (unpaired) electrons. The fourth-order valence-electron chi connectivity index (χ4n) is 1.45. The number of rotatable bonds is 5. The van der Waals surface area contributed by atoms with Gasteiger partial charge in [0.05, 0.1) is 10.5 Å². The first kappa shape index (κ1) is 13.6. The zero-order chi connectivity index (χ0) is 13.7. The number of carboxylic acid groups (broad SMARTS) is 1. The van der Waals surface area contributed by atoms with Gasteiger partial charge in [-0.15, -0.1) is 0 Å². The van der Waals surface area contributed by atoms with E-state index in [4.69, 9.17) is 5.11 Å². The first-order chi connectivity index (χ1) is 8.41. The molecule has 0 atom stereocenters. The fraction of sp³-hybridized carbons (Fsp3) is 0.273. The van der Waals surface area contributed by atoms with E-state index in [0.717, 1.165) is 6.07 Å². The van der Waals surface area contributed by atoms with Gasteiger partial charge >= 0.3 is 5.97 Å². The molecule has 0 saturated heterocycles. The summed E-state index contributed by atoms with van der Waals surface area (Å²) in [7, 11) is 0. The number of carbonyl (C=O) groups is 2. The van der Waals surface area contributed by atoms with E-state index in [1.807, 2.05) is 0 Å². The fourth-order valence-corrected chi connectivity index (χ4v) is 1.45. The molecular weight excluding hydrogens is 240 g/mol. The van der Waals surface area contributed by atoms with Crippen molar-refractivity contribution in [2.24, 2.45) is 0 Å². The Morgan fingerprint density at radius 1 is 1.44 bits per heavy atom. The van der Waals surface area contributed by atoms with Crippen molar-refractivity contribution in [2.75, 3.05) is 6.54 Å². The Morgan fingerprint density at radius 2 is 2.11 bits per heavy atom. The normalized spacial score (nSPS) is 9.83. The van der Waals surface area contributed by atoms with E-state index in [-0.39, 0.29) is 30.1 Å². The number of nitrogens with zero attached hydrogens (tertiary/aromatic N) is 1. The van der Waals surface area contributed by atoms with Crippen LogP contribution >= 0.6 is 0 Å².